The minimum atomic E-state index is 0.662. The molecule has 4 heteroatoms. The van der Waals surface area contributed by atoms with Crippen molar-refractivity contribution in [2.24, 2.45) is 0 Å². The van der Waals surface area contributed by atoms with Crippen LogP contribution in [0.25, 0.3) is 0 Å². The second kappa shape index (κ2) is 7.19. The Hall–Kier alpha value is -1.13. The Balaban J connectivity index is 2.21. The van der Waals surface area contributed by atoms with Crippen molar-refractivity contribution in [1.82, 2.24) is 15.2 Å². The van der Waals surface area contributed by atoms with Gasteiger partial charge in [-0.15, -0.1) is 0 Å². The van der Waals surface area contributed by atoms with Crippen molar-refractivity contribution < 1.29 is 4.74 Å². The maximum Gasteiger partial charge on any atom is 0.212 e. The van der Waals surface area contributed by atoms with Crippen molar-refractivity contribution >= 4 is 0 Å². The third-order valence-corrected chi connectivity index (χ3v) is 2.55. The lowest BCUT2D eigenvalue weighted by Crippen LogP contribution is -2.28. The van der Waals surface area contributed by atoms with Crippen LogP contribution in [0.5, 0.6) is 5.88 Å². The van der Waals surface area contributed by atoms with E-state index in [0.717, 1.165) is 26.2 Å². The van der Waals surface area contributed by atoms with Crippen molar-refractivity contribution in [1.29, 1.82) is 0 Å². The van der Waals surface area contributed by atoms with Gasteiger partial charge in [0.15, 0.2) is 0 Å². The maximum atomic E-state index is 5.00. The zero-order valence-electron chi connectivity index (χ0n) is 10.4. The van der Waals surface area contributed by atoms with Gasteiger partial charge in [0.05, 0.1) is 7.11 Å². The van der Waals surface area contributed by atoms with Gasteiger partial charge >= 0.3 is 0 Å². The number of hydrogen-bond donors (Lipinski definition) is 1. The Morgan fingerprint density at radius 2 is 2.25 bits per heavy atom. The lowest BCUT2D eigenvalue weighted by molar-refractivity contribution is 0.349. The first-order valence-corrected chi connectivity index (χ1v) is 5.64. The number of nitrogens with one attached hydrogen (secondary N) is 1. The van der Waals surface area contributed by atoms with Crippen LogP contribution in [0.4, 0.5) is 0 Å². The van der Waals surface area contributed by atoms with Crippen molar-refractivity contribution in [3.05, 3.63) is 23.9 Å². The number of nitrogens with zero attached hydrogens (tertiary/aromatic N) is 2. The van der Waals surface area contributed by atoms with Gasteiger partial charge in [-0.2, -0.15) is 0 Å². The largest absolute Gasteiger partial charge is 0.481 e. The van der Waals surface area contributed by atoms with E-state index in [0.29, 0.717) is 5.88 Å². The van der Waals surface area contributed by atoms with Crippen molar-refractivity contribution in [2.75, 3.05) is 33.8 Å². The molecule has 0 aliphatic carbocycles. The number of aromatic nitrogens is 1. The normalized spacial score (nSPS) is 10.8. The molecule has 4 nitrogen and oxygen atoms in total. The fraction of sp³-hybridized carbons (Fsp3) is 0.583. The molecule has 0 spiro atoms. The molecule has 0 aliphatic rings. The first kappa shape index (κ1) is 12.9. The van der Waals surface area contributed by atoms with E-state index < -0.39 is 0 Å². The number of hydrogen-bond acceptors (Lipinski definition) is 4. The molecule has 0 bridgehead atoms. The van der Waals surface area contributed by atoms with Gasteiger partial charge in [0.25, 0.3) is 0 Å². The van der Waals surface area contributed by atoms with Crippen LogP contribution < -0.4 is 10.1 Å². The molecule has 1 heterocycles. The minimum absolute atomic E-state index is 0.662. The Bertz CT molecular complexity index is 287. The van der Waals surface area contributed by atoms with Gasteiger partial charge in [0.1, 0.15) is 0 Å². The van der Waals surface area contributed by atoms with Crippen molar-refractivity contribution in [3.63, 3.8) is 0 Å². The average Bonchev–Trinajstić information content (AvgIpc) is 2.35. The van der Waals surface area contributed by atoms with E-state index in [1.807, 2.05) is 18.3 Å². The highest BCUT2D eigenvalue weighted by atomic mass is 16.5. The number of ether oxygens (including phenoxy) is 1. The SMILES string of the molecule is CCN(C)CCNCc1ccc(OC)nc1. The van der Waals surface area contributed by atoms with Crippen LogP contribution in [0, 0.1) is 0 Å². The zero-order valence-corrected chi connectivity index (χ0v) is 10.4. The molecule has 16 heavy (non-hydrogen) atoms. The molecule has 90 valence electrons. The maximum absolute atomic E-state index is 5.00. The molecule has 0 fully saturated rings. The standard InChI is InChI=1S/C12H21N3O/c1-4-15(2)8-7-13-9-11-5-6-12(16-3)14-10-11/h5-6,10,13H,4,7-9H2,1-3H3. The summed E-state index contributed by atoms with van der Waals surface area (Å²) in [6.07, 6.45) is 1.84. The van der Waals surface area contributed by atoms with E-state index in [9.17, 15) is 0 Å². The second-order valence-electron chi connectivity index (χ2n) is 3.78. The molecular formula is C12H21N3O. The van der Waals surface area contributed by atoms with Gasteiger partial charge < -0.3 is 15.0 Å². The summed E-state index contributed by atoms with van der Waals surface area (Å²) in [5.74, 6) is 0.662. The predicted molar refractivity (Wildman–Crippen MR) is 65.7 cm³/mol. The highest BCUT2D eigenvalue weighted by molar-refractivity contribution is 5.17. The van der Waals surface area contributed by atoms with Gasteiger partial charge in [-0.05, 0) is 19.2 Å². The first-order chi connectivity index (χ1) is 7.76. The summed E-state index contributed by atoms with van der Waals surface area (Å²) in [6, 6.07) is 3.91. The summed E-state index contributed by atoms with van der Waals surface area (Å²) >= 11 is 0. The molecule has 0 atom stereocenters. The second-order valence-corrected chi connectivity index (χ2v) is 3.78. The Labute approximate surface area is 97.6 Å². The van der Waals surface area contributed by atoms with Crippen LogP contribution >= 0.6 is 0 Å². The molecule has 0 aliphatic heterocycles. The quantitative estimate of drug-likeness (QED) is 0.703. The molecule has 0 radical (unpaired) electrons. The van der Waals surface area contributed by atoms with Crippen LogP contribution in [0.3, 0.4) is 0 Å². The van der Waals surface area contributed by atoms with Gasteiger partial charge in [0, 0.05) is 31.9 Å². The summed E-state index contributed by atoms with van der Waals surface area (Å²) in [6.45, 7) is 6.17. The summed E-state index contributed by atoms with van der Waals surface area (Å²) in [7, 11) is 3.75. The average molecular weight is 223 g/mol. The highest BCUT2D eigenvalue weighted by Gasteiger charge is 1.96. The number of pyridine rings is 1. The smallest absolute Gasteiger partial charge is 0.212 e. The molecule has 1 aromatic heterocycles. The van der Waals surface area contributed by atoms with Gasteiger partial charge in [-0.1, -0.05) is 13.0 Å². The summed E-state index contributed by atoms with van der Waals surface area (Å²) in [5, 5.41) is 3.38. The Kier molecular flexibility index (Phi) is 5.82. The molecule has 1 N–H and O–H groups in total. The molecular weight excluding hydrogens is 202 g/mol. The Morgan fingerprint density at radius 1 is 1.44 bits per heavy atom. The number of methoxy groups -OCH3 is 1. The van der Waals surface area contributed by atoms with Crippen molar-refractivity contribution in [3.8, 4) is 5.88 Å². The molecule has 0 saturated heterocycles. The number of rotatable bonds is 7. The predicted octanol–water partition coefficient (Wildman–Crippen LogP) is 1.13. The minimum Gasteiger partial charge on any atom is -0.481 e. The summed E-state index contributed by atoms with van der Waals surface area (Å²) in [4.78, 5) is 6.43. The molecule has 0 unspecified atom stereocenters. The highest BCUT2D eigenvalue weighted by Crippen LogP contribution is 2.05. The fourth-order valence-corrected chi connectivity index (χ4v) is 1.30. The zero-order chi connectivity index (χ0) is 11.8. The van der Waals surface area contributed by atoms with Gasteiger partial charge in [0.2, 0.25) is 5.88 Å². The van der Waals surface area contributed by atoms with E-state index in [2.05, 4.69) is 29.2 Å². The lowest BCUT2D eigenvalue weighted by atomic mass is 10.3. The summed E-state index contributed by atoms with van der Waals surface area (Å²) in [5.41, 5.74) is 1.18. The van der Waals surface area contributed by atoms with Gasteiger partial charge in [-0.3, -0.25) is 0 Å². The fourth-order valence-electron chi connectivity index (χ4n) is 1.30. The Morgan fingerprint density at radius 3 is 2.81 bits per heavy atom. The monoisotopic (exact) mass is 223 g/mol. The molecule has 1 aromatic rings. The van der Waals surface area contributed by atoms with Crippen LogP contribution in [-0.4, -0.2) is 43.7 Å². The van der Waals surface area contributed by atoms with E-state index in [4.69, 9.17) is 4.74 Å². The third-order valence-electron chi connectivity index (χ3n) is 2.55. The van der Waals surface area contributed by atoms with Crippen molar-refractivity contribution in [2.45, 2.75) is 13.5 Å². The lowest BCUT2D eigenvalue weighted by Gasteiger charge is -2.13. The molecule has 0 amide bonds. The third kappa shape index (κ3) is 4.59. The topological polar surface area (TPSA) is 37.4 Å². The summed E-state index contributed by atoms with van der Waals surface area (Å²) < 4.78 is 5.00. The van der Waals surface area contributed by atoms with Crippen LogP contribution in [0.2, 0.25) is 0 Å². The molecule has 1 rings (SSSR count). The van der Waals surface area contributed by atoms with Gasteiger partial charge in [-0.25, -0.2) is 4.98 Å². The van der Waals surface area contributed by atoms with Crippen LogP contribution in [-0.2, 0) is 6.54 Å². The molecule has 0 saturated carbocycles. The molecule has 0 aromatic carbocycles. The van der Waals surface area contributed by atoms with Crippen LogP contribution in [0.15, 0.2) is 18.3 Å². The van der Waals surface area contributed by atoms with E-state index in [1.54, 1.807) is 7.11 Å². The first-order valence-electron chi connectivity index (χ1n) is 5.64. The van der Waals surface area contributed by atoms with Crippen LogP contribution in [0.1, 0.15) is 12.5 Å². The van der Waals surface area contributed by atoms with E-state index in [1.165, 1.54) is 5.56 Å². The van der Waals surface area contributed by atoms with E-state index in [-0.39, 0.29) is 0 Å². The van der Waals surface area contributed by atoms with E-state index >= 15 is 0 Å². The number of likely N-dealkylation sites (N-methyl/N-ethyl adjacent to an activating group) is 1.